The fourth-order valence-corrected chi connectivity index (χ4v) is 4.65. The van der Waals surface area contributed by atoms with Crippen LogP contribution in [0.1, 0.15) is 36.6 Å². The molecular formula is C19H22FN3OS. The van der Waals surface area contributed by atoms with E-state index in [1.807, 2.05) is 16.3 Å². The standard InChI is InChI=1S/C19H22FN3OS/c20-15-13-14(7-8-16(15)22-9-1-2-10-22)21-19(24)23-11-3-5-17(23)18-6-4-12-25-18/h4,6-8,12-13,17H,1-3,5,9-11H2,(H,21,24)/t17-/m1/s1. The molecule has 4 nitrogen and oxygen atoms in total. The number of carbonyl (C=O) groups is 1. The third kappa shape index (κ3) is 3.35. The summed E-state index contributed by atoms with van der Waals surface area (Å²) in [6.07, 6.45) is 4.20. The lowest BCUT2D eigenvalue weighted by Gasteiger charge is -2.24. The van der Waals surface area contributed by atoms with Gasteiger partial charge in [-0.05, 0) is 55.3 Å². The highest BCUT2D eigenvalue weighted by atomic mass is 32.1. The molecular weight excluding hydrogens is 337 g/mol. The van der Waals surface area contributed by atoms with E-state index in [1.54, 1.807) is 23.5 Å². The molecule has 0 bridgehead atoms. The molecule has 2 aliphatic rings. The molecule has 0 aliphatic carbocycles. The van der Waals surface area contributed by atoms with Crippen LogP contribution < -0.4 is 10.2 Å². The first-order valence-corrected chi connectivity index (χ1v) is 9.76. The van der Waals surface area contributed by atoms with Crippen LogP contribution >= 0.6 is 11.3 Å². The summed E-state index contributed by atoms with van der Waals surface area (Å²) in [6, 6.07) is 9.08. The summed E-state index contributed by atoms with van der Waals surface area (Å²) in [7, 11) is 0. The Morgan fingerprint density at radius 2 is 2.00 bits per heavy atom. The van der Waals surface area contributed by atoms with Gasteiger partial charge in [0.2, 0.25) is 0 Å². The molecule has 2 fully saturated rings. The van der Waals surface area contributed by atoms with Gasteiger partial charge in [-0.1, -0.05) is 6.07 Å². The number of nitrogens with one attached hydrogen (secondary N) is 1. The first kappa shape index (κ1) is 16.4. The van der Waals surface area contributed by atoms with Crippen molar-refractivity contribution in [1.82, 2.24) is 4.90 Å². The van der Waals surface area contributed by atoms with Gasteiger partial charge in [-0.2, -0.15) is 0 Å². The second-order valence-electron chi connectivity index (χ2n) is 6.66. The monoisotopic (exact) mass is 359 g/mol. The molecule has 3 heterocycles. The van der Waals surface area contributed by atoms with E-state index < -0.39 is 0 Å². The molecule has 132 valence electrons. The lowest BCUT2D eigenvalue weighted by molar-refractivity contribution is 0.208. The van der Waals surface area contributed by atoms with Crippen molar-refractivity contribution in [1.29, 1.82) is 0 Å². The molecule has 0 radical (unpaired) electrons. The number of hydrogen-bond donors (Lipinski definition) is 1. The third-order valence-electron chi connectivity index (χ3n) is 5.03. The Labute approximate surface area is 151 Å². The molecule has 0 saturated carbocycles. The Morgan fingerprint density at radius 1 is 1.16 bits per heavy atom. The summed E-state index contributed by atoms with van der Waals surface area (Å²) in [5, 5.41) is 4.91. The number of likely N-dealkylation sites (tertiary alicyclic amines) is 1. The number of anilines is 2. The Kier molecular flexibility index (Phi) is 4.61. The minimum absolute atomic E-state index is 0.133. The Morgan fingerprint density at radius 3 is 2.72 bits per heavy atom. The van der Waals surface area contributed by atoms with Gasteiger partial charge in [0.05, 0.1) is 11.7 Å². The molecule has 1 aromatic carbocycles. The first-order chi connectivity index (χ1) is 12.2. The summed E-state index contributed by atoms with van der Waals surface area (Å²) in [5.41, 5.74) is 1.15. The molecule has 6 heteroatoms. The highest BCUT2D eigenvalue weighted by Crippen LogP contribution is 2.35. The number of urea groups is 1. The van der Waals surface area contributed by atoms with Crippen LogP contribution in [0.5, 0.6) is 0 Å². The van der Waals surface area contributed by atoms with Gasteiger partial charge >= 0.3 is 6.03 Å². The minimum Gasteiger partial charge on any atom is -0.369 e. The van der Waals surface area contributed by atoms with Crippen LogP contribution in [0.4, 0.5) is 20.6 Å². The Bertz CT molecular complexity index is 743. The number of benzene rings is 1. The van der Waals surface area contributed by atoms with Gasteiger partial charge in [-0.25, -0.2) is 9.18 Å². The average Bonchev–Trinajstić information content (AvgIpc) is 3.35. The largest absolute Gasteiger partial charge is 0.369 e. The summed E-state index contributed by atoms with van der Waals surface area (Å²) >= 11 is 1.68. The number of hydrogen-bond acceptors (Lipinski definition) is 3. The van der Waals surface area contributed by atoms with Gasteiger partial charge in [0, 0.05) is 30.2 Å². The third-order valence-corrected chi connectivity index (χ3v) is 6.00. The smallest absolute Gasteiger partial charge is 0.322 e. The van der Waals surface area contributed by atoms with Crippen molar-refractivity contribution < 1.29 is 9.18 Å². The van der Waals surface area contributed by atoms with Crippen molar-refractivity contribution in [3.05, 3.63) is 46.4 Å². The Balaban J connectivity index is 1.46. The number of halogens is 1. The summed E-state index contributed by atoms with van der Waals surface area (Å²) in [6.45, 7) is 2.54. The highest BCUT2D eigenvalue weighted by molar-refractivity contribution is 7.10. The van der Waals surface area contributed by atoms with Gasteiger partial charge in [-0.3, -0.25) is 0 Å². The maximum atomic E-state index is 14.4. The molecule has 2 saturated heterocycles. The molecule has 1 aromatic heterocycles. The van der Waals surface area contributed by atoms with Gasteiger partial charge in [0.15, 0.2) is 0 Å². The van der Waals surface area contributed by atoms with E-state index in [2.05, 4.69) is 16.3 Å². The van der Waals surface area contributed by atoms with Crippen LogP contribution in [-0.2, 0) is 0 Å². The van der Waals surface area contributed by atoms with Crippen LogP contribution in [-0.4, -0.2) is 30.6 Å². The van der Waals surface area contributed by atoms with E-state index in [0.29, 0.717) is 11.4 Å². The van der Waals surface area contributed by atoms with Crippen molar-refractivity contribution in [2.75, 3.05) is 29.9 Å². The second-order valence-corrected chi connectivity index (χ2v) is 7.64. The molecule has 2 aliphatic heterocycles. The summed E-state index contributed by atoms with van der Waals surface area (Å²) < 4.78 is 14.4. The molecule has 25 heavy (non-hydrogen) atoms. The van der Waals surface area contributed by atoms with E-state index >= 15 is 0 Å². The Hall–Kier alpha value is -2.08. The fraction of sp³-hybridized carbons (Fsp3) is 0.421. The van der Waals surface area contributed by atoms with Crippen LogP contribution in [0.25, 0.3) is 0 Å². The van der Waals surface area contributed by atoms with E-state index in [1.165, 1.54) is 10.9 Å². The van der Waals surface area contributed by atoms with Gasteiger partial charge < -0.3 is 15.1 Å². The molecule has 4 rings (SSSR count). The summed E-state index contributed by atoms with van der Waals surface area (Å²) in [4.78, 5) is 17.8. The molecule has 0 unspecified atom stereocenters. The zero-order valence-corrected chi connectivity index (χ0v) is 14.9. The predicted molar refractivity (Wildman–Crippen MR) is 99.9 cm³/mol. The first-order valence-electron chi connectivity index (χ1n) is 8.88. The van der Waals surface area contributed by atoms with Crippen molar-refractivity contribution >= 4 is 28.7 Å². The topological polar surface area (TPSA) is 35.6 Å². The van der Waals surface area contributed by atoms with Gasteiger partial charge in [0.25, 0.3) is 0 Å². The van der Waals surface area contributed by atoms with Crippen molar-refractivity contribution in [3.8, 4) is 0 Å². The molecule has 0 spiro atoms. The van der Waals surface area contributed by atoms with E-state index in [0.717, 1.165) is 45.3 Å². The van der Waals surface area contributed by atoms with E-state index in [-0.39, 0.29) is 17.9 Å². The quantitative estimate of drug-likeness (QED) is 0.850. The lowest BCUT2D eigenvalue weighted by atomic mass is 10.2. The van der Waals surface area contributed by atoms with Crippen LogP contribution in [0.15, 0.2) is 35.7 Å². The van der Waals surface area contributed by atoms with E-state index in [4.69, 9.17) is 0 Å². The number of carbonyl (C=O) groups excluding carboxylic acids is 1. The molecule has 1 atom stereocenters. The van der Waals surface area contributed by atoms with Gasteiger partial charge in [0.1, 0.15) is 5.82 Å². The number of nitrogens with zero attached hydrogens (tertiary/aromatic N) is 2. The molecule has 2 amide bonds. The highest BCUT2D eigenvalue weighted by Gasteiger charge is 2.30. The minimum atomic E-state index is -0.268. The predicted octanol–water partition coefficient (Wildman–Crippen LogP) is 4.86. The molecule has 2 aromatic rings. The average molecular weight is 359 g/mol. The lowest BCUT2D eigenvalue weighted by Crippen LogP contribution is -2.34. The maximum absolute atomic E-state index is 14.4. The number of amides is 2. The maximum Gasteiger partial charge on any atom is 0.322 e. The van der Waals surface area contributed by atoms with Crippen LogP contribution in [0, 0.1) is 5.82 Å². The van der Waals surface area contributed by atoms with Crippen LogP contribution in [0.2, 0.25) is 0 Å². The normalized spacial score (nSPS) is 20.3. The summed E-state index contributed by atoms with van der Waals surface area (Å²) in [5.74, 6) is -0.268. The zero-order chi connectivity index (χ0) is 17.2. The SMILES string of the molecule is O=C(Nc1ccc(N2CCCC2)c(F)c1)N1CCC[C@@H]1c1cccs1. The second kappa shape index (κ2) is 7.04. The zero-order valence-electron chi connectivity index (χ0n) is 14.1. The van der Waals surface area contributed by atoms with Gasteiger partial charge in [-0.15, -0.1) is 11.3 Å². The fourth-order valence-electron chi connectivity index (χ4n) is 3.78. The van der Waals surface area contributed by atoms with Crippen molar-refractivity contribution in [3.63, 3.8) is 0 Å². The van der Waals surface area contributed by atoms with Crippen molar-refractivity contribution in [2.24, 2.45) is 0 Å². The van der Waals surface area contributed by atoms with Crippen molar-refractivity contribution in [2.45, 2.75) is 31.7 Å². The molecule has 1 N–H and O–H groups in total. The van der Waals surface area contributed by atoms with Crippen LogP contribution in [0.3, 0.4) is 0 Å². The number of rotatable bonds is 3. The van der Waals surface area contributed by atoms with E-state index in [9.17, 15) is 9.18 Å². The number of thiophene rings is 1.